The van der Waals surface area contributed by atoms with Gasteiger partial charge in [0.2, 0.25) is 0 Å². The molecule has 1 unspecified atom stereocenters. The van der Waals surface area contributed by atoms with Crippen molar-refractivity contribution in [1.82, 2.24) is 4.98 Å². The van der Waals surface area contributed by atoms with Gasteiger partial charge in [-0.3, -0.25) is 4.79 Å². The summed E-state index contributed by atoms with van der Waals surface area (Å²) in [6, 6.07) is 20.7. The van der Waals surface area contributed by atoms with Crippen LogP contribution < -0.4 is 20.1 Å². The van der Waals surface area contributed by atoms with Crippen LogP contribution in [0.4, 0.5) is 10.8 Å². The zero-order valence-corrected chi connectivity index (χ0v) is 21.3. The van der Waals surface area contributed by atoms with E-state index in [1.54, 1.807) is 25.6 Å². The fraction of sp³-hybridized carbons (Fsp3) is 0.214. The molecule has 0 saturated carbocycles. The molecule has 0 aliphatic heterocycles. The Labute approximate surface area is 210 Å². The van der Waals surface area contributed by atoms with Gasteiger partial charge in [0.1, 0.15) is 10.8 Å². The highest BCUT2D eigenvalue weighted by atomic mass is 32.1. The lowest BCUT2D eigenvalue weighted by molar-refractivity contribution is 0.102. The molecule has 0 spiro atoms. The second-order valence-electron chi connectivity index (χ2n) is 8.20. The SMILES string of the molecule is COc1ccc(C(Nc2cccc(C)n2)c2c(NC(=O)c3ccccc3)sc(C)c2C)cc1OC. The van der Waals surface area contributed by atoms with Gasteiger partial charge in [-0.2, -0.15) is 0 Å². The number of aromatic nitrogens is 1. The van der Waals surface area contributed by atoms with Gasteiger partial charge >= 0.3 is 0 Å². The van der Waals surface area contributed by atoms with Gasteiger partial charge < -0.3 is 20.1 Å². The molecule has 2 N–H and O–H groups in total. The van der Waals surface area contributed by atoms with E-state index in [4.69, 9.17) is 9.47 Å². The molecule has 2 aromatic heterocycles. The Balaban J connectivity index is 1.82. The number of amides is 1. The van der Waals surface area contributed by atoms with Crippen LogP contribution in [0.3, 0.4) is 0 Å². The number of carbonyl (C=O) groups is 1. The molecular weight excluding hydrogens is 458 g/mol. The minimum Gasteiger partial charge on any atom is -0.493 e. The van der Waals surface area contributed by atoms with Crippen LogP contribution in [0.25, 0.3) is 0 Å². The van der Waals surface area contributed by atoms with Gasteiger partial charge in [0.05, 0.1) is 20.3 Å². The van der Waals surface area contributed by atoms with Crippen LogP contribution in [0, 0.1) is 20.8 Å². The van der Waals surface area contributed by atoms with E-state index in [9.17, 15) is 4.79 Å². The van der Waals surface area contributed by atoms with Crippen LogP contribution in [-0.2, 0) is 0 Å². The van der Waals surface area contributed by atoms with Crippen molar-refractivity contribution >= 4 is 28.1 Å². The third-order valence-corrected chi connectivity index (χ3v) is 7.04. The monoisotopic (exact) mass is 487 g/mol. The number of hydrogen-bond acceptors (Lipinski definition) is 6. The van der Waals surface area contributed by atoms with Crippen LogP contribution in [0.2, 0.25) is 0 Å². The average molecular weight is 488 g/mol. The zero-order valence-electron chi connectivity index (χ0n) is 20.5. The van der Waals surface area contributed by atoms with Crippen molar-refractivity contribution in [2.24, 2.45) is 0 Å². The predicted molar refractivity (Wildman–Crippen MR) is 142 cm³/mol. The topological polar surface area (TPSA) is 72.5 Å². The molecule has 0 aliphatic carbocycles. The molecule has 6 nitrogen and oxygen atoms in total. The van der Waals surface area contributed by atoms with Crippen molar-refractivity contribution in [3.8, 4) is 11.5 Å². The summed E-state index contributed by atoms with van der Waals surface area (Å²) in [4.78, 5) is 18.9. The molecule has 35 heavy (non-hydrogen) atoms. The second-order valence-corrected chi connectivity index (χ2v) is 9.43. The fourth-order valence-corrected chi connectivity index (χ4v) is 5.07. The average Bonchev–Trinajstić information content (AvgIpc) is 3.15. The zero-order chi connectivity index (χ0) is 24.9. The van der Waals surface area contributed by atoms with Crippen molar-refractivity contribution < 1.29 is 14.3 Å². The van der Waals surface area contributed by atoms with Gasteiger partial charge in [-0.25, -0.2) is 4.98 Å². The quantitative estimate of drug-likeness (QED) is 0.295. The van der Waals surface area contributed by atoms with Crippen LogP contribution in [0.15, 0.2) is 66.7 Å². The van der Waals surface area contributed by atoms with E-state index in [0.29, 0.717) is 17.1 Å². The number of carbonyl (C=O) groups excluding carboxylic acids is 1. The number of ether oxygens (including phenoxy) is 2. The van der Waals surface area contributed by atoms with E-state index in [-0.39, 0.29) is 11.9 Å². The summed E-state index contributed by atoms with van der Waals surface area (Å²) in [5.41, 5.74) is 4.59. The van der Waals surface area contributed by atoms with Crippen LogP contribution in [-0.4, -0.2) is 25.1 Å². The van der Waals surface area contributed by atoms with Crippen LogP contribution >= 0.6 is 11.3 Å². The van der Waals surface area contributed by atoms with Crippen molar-refractivity contribution in [1.29, 1.82) is 0 Å². The van der Waals surface area contributed by atoms with Crippen molar-refractivity contribution in [2.75, 3.05) is 24.9 Å². The van der Waals surface area contributed by atoms with Crippen molar-refractivity contribution in [2.45, 2.75) is 26.8 Å². The Morgan fingerprint density at radius 3 is 2.34 bits per heavy atom. The minimum atomic E-state index is -0.292. The van der Waals surface area contributed by atoms with E-state index >= 15 is 0 Å². The Kier molecular flexibility index (Phi) is 7.36. The smallest absolute Gasteiger partial charge is 0.256 e. The maximum absolute atomic E-state index is 13.1. The highest BCUT2D eigenvalue weighted by Crippen LogP contribution is 2.42. The molecule has 2 heterocycles. The Hall–Kier alpha value is -3.84. The Morgan fingerprint density at radius 2 is 1.66 bits per heavy atom. The summed E-state index contributed by atoms with van der Waals surface area (Å²) in [6.45, 7) is 6.11. The van der Waals surface area contributed by atoms with Gasteiger partial charge in [0.15, 0.2) is 11.5 Å². The number of anilines is 2. The summed E-state index contributed by atoms with van der Waals surface area (Å²) in [6.07, 6.45) is 0. The van der Waals surface area contributed by atoms with E-state index < -0.39 is 0 Å². The summed E-state index contributed by atoms with van der Waals surface area (Å²) >= 11 is 1.57. The highest BCUT2D eigenvalue weighted by Gasteiger charge is 2.26. The summed E-state index contributed by atoms with van der Waals surface area (Å²) in [5.74, 6) is 1.88. The molecule has 4 rings (SSSR count). The van der Waals surface area contributed by atoms with Crippen molar-refractivity contribution in [3.05, 3.63) is 99.6 Å². The normalized spacial score (nSPS) is 11.6. The maximum Gasteiger partial charge on any atom is 0.256 e. The molecule has 0 bridgehead atoms. The first kappa shape index (κ1) is 24.3. The van der Waals surface area contributed by atoms with Gasteiger partial charge in [-0.1, -0.05) is 30.3 Å². The molecule has 0 saturated heterocycles. The summed E-state index contributed by atoms with van der Waals surface area (Å²) in [5, 5.41) is 7.55. The van der Waals surface area contributed by atoms with Gasteiger partial charge in [0.25, 0.3) is 5.91 Å². The molecule has 0 fully saturated rings. The predicted octanol–water partition coefficient (Wildman–Crippen LogP) is 6.54. The first-order valence-corrected chi connectivity index (χ1v) is 12.1. The van der Waals surface area contributed by atoms with Gasteiger partial charge in [0, 0.05) is 21.7 Å². The molecule has 2 aromatic carbocycles. The molecule has 0 aliphatic rings. The van der Waals surface area contributed by atoms with Crippen LogP contribution in [0.1, 0.15) is 43.7 Å². The highest BCUT2D eigenvalue weighted by molar-refractivity contribution is 7.16. The van der Waals surface area contributed by atoms with E-state index in [0.717, 1.165) is 38.1 Å². The van der Waals surface area contributed by atoms with E-state index in [1.165, 1.54) is 0 Å². The van der Waals surface area contributed by atoms with E-state index in [2.05, 4.69) is 29.5 Å². The standard InChI is InChI=1S/C28H29N3O3S/c1-17-10-9-13-24(29-17)30-26(21-14-15-22(33-4)23(16-21)34-5)25-18(2)19(3)35-28(25)31-27(32)20-11-7-6-8-12-20/h6-16,26H,1-5H3,(H,29,30)(H,31,32). The number of hydrogen-bond donors (Lipinski definition) is 2. The maximum atomic E-state index is 13.1. The minimum absolute atomic E-state index is 0.146. The second kappa shape index (κ2) is 10.6. The van der Waals surface area contributed by atoms with E-state index in [1.807, 2.05) is 73.7 Å². The molecule has 180 valence electrons. The molecule has 1 atom stereocenters. The molecule has 1 amide bonds. The number of methoxy groups -OCH3 is 2. The number of nitrogens with one attached hydrogen (secondary N) is 2. The number of thiophene rings is 1. The number of aryl methyl sites for hydroxylation is 2. The molecule has 0 radical (unpaired) electrons. The largest absolute Gasteiger partial charge is 0.493 e. The summed E-state index contributed by atoms with van der Waals surface area (Å²) < 4.78 is 11.0. The number of benzene rings is 2. The first-order valence-electron chi connectivity index (χ1n) is 11.3. The number of pyridine rings is 1. The summed E-state index contributed by atoms with van der Waals surface area (Å²) in [7, 11) is 3.24. The molecular formula is C28H29N3O3S. The van der Waals surface area contributed by atoms with Gasteiger partial charge in [-0.15, -0.1) is 11.3 Å². The fourth-order valence-electron chi connectivity index (χ4n) is 3.98. The molecule has 4 aromatic rings. The Morgan fingerprint density at radius 1 is 0.914 bits per heavy atom. The number of nitrogens with zero attached hydrogens (tertiary/aromatic N) is 1. The van der Waals surface area contributed by atoms with Crippen LogP contribution in [0.5, 0.6) is 11.5 Å². The lowest BCUT2D eigenvalue weighted by Gasteiger charge is -2.23. The third-order valence-electron chi connectivity index (χ3n) is 5.91. The Bertz CT molecular complexity index is 1330. The third kappa shape index (κ3) is 5.30. The first-order chi connectivity index (χ1) is 16.9. The number of rotatable bonds is 8. The molecule has 7 heteroatoms. The van der Waals surface area contributed by atoms with Gasteiger partial charge in [-0.05, 0) is 68.3 Å². The lowest BCUT2D eigenvalue weighted by Crippen LogP contribution is -2.18. The van der Waals surface area contributed by atoms with Crippen molar-refractivity contribution in [3.63, 3.8) is 0 Å². The lowest BCUT2D eigenvalue weighted by atomic mass is 9.95.